The summed E-state index contributed by atoms with van der Waals surface area (Å²) >= 11 is 0. The van der Waals surface area contributed by atoms with E-state index in [2.05, 4.69) is 15.1 Å². The van der Waals surface area contributed by atoms with E-state index in [0.29, 0.717) is 0 Å². The topological polar surface area (TPSA) is 18.5 Å². The van der Waals surface area contributed by atoms with Gasteiger partial charge in [0.1, 0.15) is 0 Å². The second-order valence-electron chi connectivity index (χ2n) is 5.20. The molecular weight excluding hydrogens is 198 g/mol. The third-order valence-corrected chi connectivity index (χ3v) is 3.86. The smallest absolute Gasteiger partial charge is 0.0107 e. The van der Waals surface area contributed by atoms with Crippen molar-refractivity contribution in [3.63, 3.8) is 0 Å². The summed E-state index contributed by atoms with van der Waals surface area (Å²) in [5.41, 5.74) is 0. The Bertz CT molecular complexity index is 170. The van der Waals surface area contributed by atoms with Crippen LogP contribution in [0.2, 0.25) is 0 Å². The quantitative estimate of drug-likeness (QED) is 0.774. The highest BCUT2D eigenvalue weighted by molar-refractivity contribution is 4.69. The van der Waals surface area contributed by atoms with Crippen LogP contribution in [0.1, 0.15) is 32.1 Å². The molecule has 16 heavy (non-hydrogen) atoms. The maximum absolute atomic E-state index is 3.41. The van der Waals surface area contributed by atoms with Gasteiger partial charge in [-0.2, -0.15) is 0 Å². The van der Waals surface area contributed by atoms with Crippen LogP contribution in [0.25, 0.3) is 0 Å². The lowest BCUT2D eigenvalue weighted by molar-refractivity contribution is 0.212. The molecule has 3 heteroatoms. The highest BCUT2D eigenvalue weighted by Gasteiger charge is 2.11. The fraction of sp³-hybridized carbons (Fsp3) is 1.00. The SMILES string of the molecule is C1CCCN(CCCN2CCNCC2)CC1. The number of rotatable bonds is 4. The molecule has 0 radical (unpaired) electrons. The lowest BCUT2D eigenvalue weighted by Crippen LogP contribution is -2.44. The van der Waals surface area contributed by atoms with Crippen molar-refractivity contribution in [1.82, 2.24) is 15.1 Å². The first-order chi connectivity index (χ1) is 7.95. The zero-order chi connectivity index (χ0) is 11.1. The molecule has 0 atom stereocenters. The fourth-order valence-corrected chi connectivity index (χ4v) is 2.81. The minimum Gasteiger partial charge on any atom is -0.314 e. The number of piperazine rings is 1. The monoisotopic (exact) mass is 225 g/mol. The average molecular weight is 225 g/mol. The van der Waals surface area contributed by atoms with Crippen LogP contribution in [0.15, 0.2) is 0 Å². The molecule has 0 saturated carbocycles. The minimum atomic E-state index is 1.18. The van der Waals surface area contributed by atoms with Gasteiger partial charge in [-0.3, -0.25) is 0 Å². The Morgan fingerprint density at radius 3 is 1.88 bits per heavy atom. The molecule has 2 fully saturated rings. The summed E-state index contributed by atoms with van der Waals surface area (Å²) in [6.45, 7) is 10.2. The zero-order valence-electron chi connectivity index (χ0n) is 10.6. The predicted octanol–water partition coefficient (Wildman–Crippen LogP) is 1.16. The van der Waals surface area contributed by atoms with Gasteiger partial charge in [0.05, 0.1) is 0 Å². The Hall–Kier alpha value is -0.120. The summed E-state index contributed by atoms with van der Waals surface area (Å²) < 4.78 is 0. The molecule has 2 saturated heterocycles. The van der Waals surface area contributed by atoms with Crippen LogP contribution in [0, 0.1) is 0 Å². The molecule has 0 bridgehead atoms. The van der Waals surface area contributed by atoms with Crippen LogP contribution >= 0.6 is 0 Å². The molecule has 0 unspecified atom stereocenters. The maximum atomic E-state index is 3.41. The molecule has 0 spiro atoms. The maximum Gasteiger partial charge on any atom is 0.0107 e. The van der Waals surface area contributed by atoms with Crippen molar-refractivity contribution in [2.24, 2.45) is 0 Å². The molecule has 0 aromatic heterocycles. The summed E-state index contributed by atoms with van der Waals surface area (Å²) in [6, 6.07) is 0. The van der Waals surface area contributed by atoms with Gasteiger partial charge in [-0.1, -0.05) is 12.8 Å². The Kier molecular flexibility index (Phi) is 5.59. The molecular formula is C13H27N3. The minimum absolute atomic E-state index is 1.18. The Balaban J connectivity index is 1.55. The highest BCUT2D eigenvalue weighted by Crippen LogP contribution is 2.09. The lowest BCUT2D eigenvalue weighted by Gasteiger charge is -2.28. The van der Waals surface area contributed by atoms with Crippen LogP contribution in [-0.4, -0.2) is 62.2 Å². The van der Waals surface area contributed by atoms with Crippen molar-refractivity contribution in [1.29, 1.82) is 0 Å². The van der Waals surface area contributed by atoms with Crippen molar-refractivity contribution in [3.8, 4) is 0 Å². The Morgan fingerprint density at radius 2 is 1.25 bits per heavy atom. The number of nitrogens with zero attached hydrogens (tertiary/aromatic N) is 2. The molecule has 0 amide bonds. The van der Waals surface area contributed by atoms with Gasteiger partial charge in [-0.15, -0.1) is 0 Å². The van der Waals surface area contributed by atoms with E-state index in [1.807, 2.05) is 0 Å². The standard InChI is InChI=1S/C13H27N3/c1-2-4-9-15(8-3-1)10-5-11-16-12-6-14-7-13-16/h14H,1-13H2. The van der Waals surface area contributed by atoms with Crippen molar-refractivity contribution >= 4 is 0 Å². The summed E-state index contributed by atoms with van der Waals surface area (Å²) in [7, 11) is 0. The van der Waals surface area contributed by atoms with E-state index in [9.17, 15) is 0 Å². The van der Waals surface area contributed by atoms with Gasteiger partial charge in [0.25, 0.3) is 0 Å². The van der Waals surface area contributed by atoms with Gasteiger partial charge >= 0.3 is 0 Å². The molecule has 2 aliphatic rings. The molecule has 3 nitrogen and oxygen atoms in total. The Labute approximate surface area is 100 Å². The number of likely N-dealkylation sites (tertiary alicyclic amines) is 1. The van der Waals surface area contributed by atoms with Crippen LogP contribution < -0.4 is 5.32 Å². The summed E-state index contributed by atoms with van der Waals surface area (Å²) in [6.07, 6.45) is 7.11. The normalized spacial score (nSPS) is 25.5. The third-order valence-electron chi connectivity index (χ3n) is 3.86. The largest absolute Gasteiger partial charge is 0.314 e. The average Bonchev–Trinajstić information content (AvgIpc) is 2.59. The fourth-order valence-electron chi connectivity index (χ4n) is 2.81. The first-order valence-electron chi connectivity index (χ1n) is 7.10. The first-order valence-corrected chi connectivity index (χ1v) is 7.10. The number of nitrogens with one attached hydrogen (secondary N) is 1. The highest BCUT2D eigenvalue weighted by atomic mass is 15.2. The summed E-state index contributed by atoms with van der Waals surface area (Å²) in [5.74, 6) is 0. The zero-order valence-corrected chi connectivity index (χ0v) is 10.6. The van der Waals surface area contributed by atoms with E-state index >= 15 is 0 Å². The van der Waals surface area contributed by atoms with Crippen LogP contribution in [0.3, 0.4) is 0 Å². The van der Waals surface area contributed by atoms with E-state index in [0.717, 1.165) is 0 Å². The summed E-state index contributed by atoms with van der Waals surface area (Å²) in [5, 5.41) is 3.41. The second-order valence-corrected chi connectivity index (χ2v) is 5.20. The number of hydrogen-bond acceptors (Lipinski definition) is 3. The molecule has 2 aliphatic heterocycles. The van der Waals surface area contributed by atoms with E-state index in [1.54, 1.807) is 0 Å². The van der Waals surface area contributed by atoms with Crippen LogP contribution in [0.5, 0.6) is 0 Å². The van der Waals surface area contributed by atoms with Gasteiger partial charge in [-0.25, -0.2) is 0 Å². The first kappa shape index (κ1) is 12.3. The van der Waals surface area contributed by atoms with E-state index in [1.165, 1.54) is 84.5 Å². The van der Waals surface area contributed by atoms with E-state index < -0.39 is 0 Å². The van der Waals surface area contributed by atoms with Crippen LogP contribution in [0.4, 0.5) is 0 Å². The Morgan fingerprint density at radius 1 is 0.688 bits per heavy atom. The van der Waals surface area contributed by atoms with E-state index in [4.69, 9.17) is 0 Å². The molecule has 2 rings (SSSR count). The molecule has 0 aromatic carbocycles. The molecule has 94 valence electrons. The third kappa shape index (κ3) is 4.40. The van der Waals surface area contributed by atoms with Crippen molar-refractivity contribution in [2.45, 2.75) is 32.1 Å². The molecule has 0 aliphatic carbocycles. The van der Waals surface area contributed by atoms with E-state index in [-0.39, 0.29) is 0 Å². The van der Waals surface area contributed by atoms with Crippen LogP contribution in [-0.2, 0) is 0 Å². The predicted molar refractivity (Wildman–Crippen MR) is 68.8 cm³/mol. The second kappa shape index (κ2) is 7.25. The molecule has 0 aromatic rings. The molecule has 1 N–H and O–H groups in total. The van der Waals surface area contributed by atoms with Gasteiger partial charge in [0.15, 0.2) is 0 Å². The van der Waals surface area contributed by atoms with Gasteiger partial charge in [0.2, 0.25) is 0 Å². The molecule has 2 heterocycles. The van der Waals surface area contributed by atoms with Gasteiger partial charge < -0.3 is 15.1 Å². The number of hydrogen-bond donors (Lipinski definition) is 1. The van der Waals surface area contributed by atoms with Gasteiger partial charge in [-0.05, 0) is 45.4 Å². The van der Waals surface area contributed by atoms with Crippen molar-refractivity contribution in [3.05, 3.63) is 0 Å². The van der Waals surface area contributed by atoms with Crippen molar-refractivity contribution < 1.29 is 0 Å². The van der Waals surface area contributed by atoms with Gasteiger partial charge in [0, 0.05) is 26.2 Å². The summed E-state index contributed by atoms with van der Waals surface area (Å²) in [4.78, 5) is 5.28. The van der Waals surface area contributed by atoms with Crippen molar-refractivity contribution in [2.75, 3.05) is 52.4 Å². The lowest BCUT2D eigenvalue weighted by atomic mass is 10.2.